The topological polar surface area (TPSA) is 52.8 Å². The second kappa shape index (κ2) is 6.90. The Morgan fingerprint density at radius 1 is 0.767 bits per heavy atom. The molecule has 2 saturated carbocycles. The van der Waals surface area contributed by atoms with Crippen LogP contribution in [0.3, 0.4) is 0 Å². The summed E-state index contributed by atoms with van der Waals surface area (Å²) in [5, 5.41) is 0. The lowest BCUT2D eigenvalue weighted by Crippen LogP contribution is -2.54. The summed E-state index contributed by atoms with van der Waals surface area (Å²) in [7, 11) is 0. The molecule has 0 aromatic rings. The van der Waals surface area contributed by atoms with Crippen LogP contribution >= 0.6 is 0 Å². The Kier molecular flexibility index (Phi) is 4.98. The highest BCUT2D eigenvalue weighted by Gasteiger charge is 2.58. The zero-order valence-corrected chi connectivity index (χ0v) is 19.9. The summed E-state index contributed by atoms with van der Waals surface area (Å²) >= 11 is 0. The van der Waals surface area contributed by atoms with Gasteiger partial charge in [-0.15, -0.1) is 0 Å². The molecule has 5 nitrogen and oxygen atoms in total. The summed E-state index contributed by atoms with van der Waals surface area (Å²) in [4.78, 5) is 0. The lowest BCUT2D eigenvalue weighted by Gasteiger charge is -2.47. The Hall–Kier alpha value is -0.200. The van der Waals surface area contributed by atoms with Gasteiger partial charge in [-0.2, -0.15) is 0 Å². The first-order valence-corrected chi connectivity index (χ1v) is 12.2. The molecule has 3 heterocycles. The maximum Gasteiger partial charge on any atom is 0.0920 e. The SMILES string of the molecule is CC(C)(OCC1(COC(C)(C)C2CCC3(C)OC3C2)COC1)C1CCC2(C)OC2C1. The molecule has 5 rings (SSSR count). The van der Waals surface area contributed by atoms with Gasteiger partial charge in [-0.25, -0.2) is 0 Å². The van der Waals surface area contributed by atoms with Gasteiger partial charge in [0.15, 0.2) is 0 Å². The number of hydrogen-bond donors (Lipinski definition) is 0. The summed E-state index contributed by atoms with van der Waals surface area (Å²) in [5.74, 6) is 1.12. The third-order valence-corrected chi connectivity index (χ3v) is 9.33. The maximum atomic E-state index is 6.59. The first-order chi connectivity index (χ1) is 14.0. The minimum absolute atomic E-state index is 0.00688. The molecule has 172 valence electrons. The van der Waals surface area contributed by atoms with Gasteiger partial charge in [0.1, 0.15) is 0 Å². The quantitative estimate of drug-likeness (QED) is 0.539. The first kappa shape index (κ1) is 21.6. The van der Waals surface area contributed by atoms with Gasteiger partial charge in [0.25, 0.3) is 0 Å². The van der Waals surface area contributed by atoms with Crippen LogP contribution < -0.4 is 0 Å². The van der Waals surface area contributed by atoms with E-state index >= 15 is 0 Å². The van der Waals surface area contributed by atoms with Gasteiger partial charge in [0, 0.05) is 0 Å². The molecule has 5 heteroatoms. The van der Waals surface area contributed by atoms with Crippen molar-refractivity contribution < 1.29 is 23.7 Å². The van der Waals surface area contributed by atoms with Crippen molar-refractivity contribution in [1.29, 1.82) is 0 Å². The van der Waals surface area contributed by atoms with Crippen molar-refractivity contribution in [1.82, 2.24) is 0 Å². The van der Waals surface area contributed by atoms with Crippen molar-refractivity contribution in [2.24, 2.45) is 17.3 Å². The normalized spacial score (nSPS) is 44.6. The van der Waals surface area contributed by atoms with Crippen molar-refractivity contribution in [2.45, 2.75) is 115 Å². The van der Waals surface area contributed by atoms with Crippen molar-refractivity contribution >= 4 is 0 Å². The van der Waals surface area contributed by atoms with Gasteiger partial charge >= 0.3 is 0 Å². The number of epoxide rings is 2. The molecule has 5 aliphatic rings. The van der Waals surface area contributed by atoms with Crippen LogP contribution in [-0.2, 0) is 23.7 Å². The average molecular weight is 423 g/mol. The van der Waals surface area contributed by atoms with Crippen LogP contribution in [-0.4, -0.2) is 61.0 Å². The summed E-state index contributed by atoms with van der Waals surface area (Å²) in [5.41, 5.74) is 0.0479. The molecule has 0 spiro atoms. The van der Waals surface area contributed by atoms with Crippen LogP contribution in [0.4, 0.5) is 0 Å². The average Bonchev–Trinajstić information content (AvgIpc) is 3.51. The van der Waals surface area contributed by atoms with Crippen LogP contribution in [0.15, 0.2) is 0 Å². The molecule has 5 fully saturated rings. The highest BCUT2D eigenvalue weighted by molar-refractivity contribution is 5.07. The molecule has 0 radical (unpaired) electrons. The van der Waals surface area contributed by atoms with Crippen LogP contribution in [0.25, 0.3) is 0 Å². The molecule has 6 unspecified atom stereocenters. The third kappa shape index (κ3) is 3.87. The maximum absolute atomic E-state index is 6.59. The Morgan fingerprint density at radius 2 is 1.20 bits per heavy atom. The van der Waals surface area contributed by atoms with E-state index in [4.69, 9.17) is 23.7 Å². The monoisotopic (exact) mass is 422 g/mol. The third-order valence-electron chi connectivity index (χ3n) is 9.33. The van der Waals surface area contributed by atoms with E-state index in [1.807, 2.05) is 0 Å². The van der Waals surface area contributed by atoms with Crippen molar-refractivity contribution in [3.05, 3.63) is 0 Å². The number of rotatable bonds is 8. The Balaban J connectivity index is 1.13. The second-order valence-corrected chi connectivity index (χ2v) is 12.6. The molecule has 30 heavy (non-hydrogen) atoms. The summed E-state index contributed by atoms with van der Waals surface area (Å²) in [6.07, 6.45) is 7.83. The molecular formula is C25H42O5. The van der Waals surface area contributed by atoms with Crippen LogP contribution in [0.2, 0.25) is 0 Å². The predicted octanol–water partition coefficient (Wildman–Crippen LogP) is 4.51. The molecule has 3 saturated heterocycles. The van der Waals surface area contributed by atoms with Gasteiger partial charge in [0.05, 0.1) is 66.5 Å². The van der Waals surface area contributed by atoms with Gasteiger partial charge in [-0.05, 0) is 91.9 Å². The first-order valence-electron chi connectivity index (χ1n) is 12.2. The fraction of sp³-hybridized carbons (Fsp3) is 1.00. The zero-order valence-electron chi connectivity index (χ0n) is 19.9. The molecular weight excluding hydrogens is 380 g/mol. The van der Waals surface area contributed by atoms with Crippen LogP contribution in [0.1, 0.15) is 80.1 Å². The van der Waals surface area contributed by atoms with E-state index in [1.165, 1.54) is 12.8 Å². The summed E-state index contributed by atoms with van der Waals surface area (Å²) < 4.78 is 30.6. The van der Waals surface area contributed by atoms with E-state index < -0.39 is 0 Å². The van der Waals surface area contributed by atoms with E-state index in [0.717, 1.165) is 38.9 Å². The van der Waals surface area contributed by atoms with Gasteiger partial charge < -0.3 is 23.7 Å². The molecule has 0 amide bonds. The lowest BCUT2D eigenvalue weighted by molar-refractivity contribution is -0.224. The number of hydrogen-bond acceptors (Lipinski definition) is 5. The molecule has 3 aliphatic heterocycles. The van der Waals surface area contributed by atoms with E-state index in [-0.39, 0.29) is 27.8 Å². The molecule has 0 bridgehead atoms. The van der Waals surface area contributed by atoms with Gasteiger partial charge in [0.2, 0.25) is 0 Å². The summed E-state index contributed by atoms with van der Waals surface area (Å²) in [6, 6.07) is 0. The molecule has 6 atom stereocenters. The molecule has 2 aliphatic carbocycles. The van der Waals surface area contributed by atoms with Gasteiger partial charge in [-0.3, -0.25) is 0 Å². The Morgan fingerprint density at radius 3 is 1.53 bits per heavy atom. The Labute approximate surface area is 182 Å². The van der Waals surface area contributed by atoms with Crippen molar-refractivity contribution in [2.75, 3.05) is 26.4 Å². The van der Waals surface area contributed by atoms with Crippen molar-refractivity contribution in [3.63, 3.8) is 0 Å². The van der Waals surface area contributed by atoms with E-state index in [9.17, 15) is 0 Å². The largest absolute Gasteiger partial charge is 0.380 e. The molecule has 0 N–H and O–H groups in total. The Bertz CT molecular complexity index is 618. The fourth-order valence-corrected chi connectivity index (χ4v) is 6.07. The minimum atomic E-state index is -0.136. The summed E-state index contributed by atoms with van der Waals surface area (Å²) in [6.45, 7) is 16.4. The molecule has 0 aromatic heterocycles. The highest BCUT2D eigenvalue weighted by Crippen LogP contribution is 2.53. The standard InChI is InChI=1S/C25H42O5/c1-21(2,17-7-9-23(5)19(11-17)29-23)27-15-25(13-26-14-25)16-28-22(3,4)18-8-10-24(6)20(12-18)30-24/h17-20H,7-16H2,1-6H3. The van der Waals surface area contributed by atoms with Crippen LogP contribution in [0, 0.1) is 17.3 Å². The van der Waals surface area contributed by atoms with E-state index in [2.05, 4.69) is 41.5 Å². The fourth-order valence-electron chi connectivity index (χ4n) is 6.07. The van der Waals surface area contributed by atoms with E-state index in [1.54, 1.807) is 0 Å². The number of ether oxygens (including phenoxy) is 5. The molecule has 0 aromatic carbocycles. The van der Waals surface area contributed by atoms with E-state index in [0.29, 0.717) is 37.3 Å². The highest BCUT2D eigenvalue weighted by atomic mass is 16.6. The minimum Gasteiger partial charge on any atom is -0.380 e. The zero-order chi connectivity index (χ0) is 21.4. The smallest absolute Gasteiger partial charge is 0.0920 e. The predicted molar refractivity (Wildman–Crippen MR) is 115 cm³/mol. The number of fused-ring (bicyclic) bond motifs is 2. The lowest BCUT2D eigenvalue weighted by atomic mass is 9.75. The second-order valence-electron chi connectivity index (χ2n) is 12.6. The van der Waals surface area contributed by atoms with Crippen molar-refractivity contribution in [3.8, 4) is 0 Å². The van der Waals surface area contributed by atoms with Gasteiger partial charge in [-0.1, -0.05) is 0 Å². The van der Waals surface area contributed by atoms with Crippen LogP contribution in [0.5, 0.6) is 0 Å².